The van der Waals surface area contributed by atoms with E-state index in [4.69, 9.17) is 9.47 Å². The summed E-state index contributed by atoms with van der Waals surface area (Å²) in [7, 11) is 3.07. The molecular weight excluding hydrogens is 348 g/mol. The fourth-order valence-corrected chi connectivity index (χ4v) is 3.62. The predicted molar refractivity (Wildman–Crippen MR) is 99.5 cm³/mol. The number of likely N-dealkylation sites (tertiary alicyclic amines) is 1. The number of imide groups is 1. The molecule has 1 saturated heterocycles. The normalized spacial score (nSPS) is 21.2. The Bertz CT molecular complexity index is 748. The van der Waals surface area contributed by atoms with Crippen LogP contribution in [0.25, 0.3) is 0 Å². The standard InChI is InChI=1S/C20H24N2O5/c1-26-16-10-9-13(12-17(16)27-2)21-18(23)8-5-11-22-19(24)14-6-3-4-7-15(14)20(22)25/h3-4,9-10,12,14-15H,5-8,11H2,1-2H3,(H,21,23)/t14-,15-/m0/s1. The second-order valence-electron chi connectivity index (χ2n) is 6.71. The maximum Gasteiger partial charge on any atom is 0.233 e. The van der Waals surface area contributed by atoms with Gasteiger partial charge in [0.15, 0.2) is 11.5 Å². The summed E-state index contributed by atoms with van der Waals surface area (Å²) < 4.78 is 10.4. The number of benzene rings is 1. The van der Waals surface area contributed by atoms with E-state index >= 15 is 0 Å². The highest BCUT2D eigenvalue weighted by molar-refractivity contribution is 6.05. The highest BCUT2D eigenvalue weighted by Crippen LogP contribution is 2.35. The fourth-order valence-electron chi connectivity index (χ4n) is 3.62. The number of rotatable bonds is 7. The molecule has 0 spiro atoms. The molecule has 27 heavy (non-hydrogen) atoms. The summed E-state index contributed by atoms with van der Waals surface area (Å²) in [6.07, 6.45) is 5.85. The van der Waals surface area contributed by atoms with Crippen LogP contribution in [-0.2, 0) is 14.4 Å². The Morgan fingerprint density at radius 1 is 1.07 bits per heavy atom. The van der Waals surface area contributed by atoms with Crippen molar-refractivity contribution in [3.05, 3.63) is 30.4 Å². The van der Waals surface area contributed by atoms with Crippen molar-refractivity contribution in [1.29, 1.82) is 0 Å². The topological polar surface area (TPSA) is 84.9 Å². The van der Waals surface area contributed by atoms with E-state index in [2.05, 4.69) is 5.32 Å². The minimum Gasteiger partial charge on any atom is -0.493 e. The molecule has 144 valence electrons. The SMILES string of the molecule is COc1ccc(NC(=O)CCCN2C(=O)[C@H]3CC=CC[C@@H]3C2=O)cc1OC. The first-order chi connectivity index (χ1) is 13.0. The third kappa shape index (κ3) is 3.97. The molecule has 0 bridgehead atoms. The Balaban J connectivity index is 1.50. The number of carbonyl (C=O) groups excluding carboxylic acids is 3. The number of nitrogens with one attached hydrogen (secondary N) is 1. The zero-order valence-electron chi connectivity index (χ0n) is 15.6. The van der Waals surface area contributed by atoms with Crippen molar-refractivity contribution in [1.82, 2.24) is 4.90 Å². The summed E-state index contributed by atoms with van der Waals surface area (Å²) in [4.78, 5) is 38.3. The van der Waals surface area contributed by atoms with Crippen LogP contribution < -0.4 is 14.8 Å². The lowest BCUT2D eigenvalue weighted by Crippen LogP contribution is -2.32. The van der Waals surface area contributed by atoms with Gasteiger partial charge in [0.25, 0.3) is 0 Å². The Kier molecular flexibility index (Phi) is 5.78. The van der Waals surface area contributed by atoms with Crippen molar-refractivity contribution in [2.45, 2.75) is 25.7 Å². The molecule has 0 aromatic heterocycles. The lowest BCUT2D eigenvalue weighted by atomic mass is 9.85. The molecule has 2 atom stereocenters. The number of allylic oxidation sites excluding steroid dienone is 2. The quantitative estimate of drug-likeness (QED) is 0.587. The van der Waals surface area contributed by atoms with Crippen molar-refractivity contribution in [2.75, 3.05) is 26.1 Å². The number of nitrogens with zero attached hydrogens (tertiary/aromatic N) is 1. The Morgan fingerprint density at radius 2 is 1.70 bits per heavy atom. The smallest absolute Gasteiger partial charge is 0.233 e. The number of amides is 3. The Labute approximate surface area is 158 Å². The van der Waals surface area contributed by atoms with E-state index in [9.17, 15) is 14.4 Å². The van der Waals surface area contributed by atoms with Gasteiger partial charge in [0, 0.05) is 24.7 Å². The number of hydrogen-bond donors (Lipinski definition) is 1. The summed E-state index contributed by atoms with van der Waals surface area (Å²) >= 11 is 0. The predicted octanol–water partition coefficient (Wildman–Crippen LogP) is 2.37. The molecule has 7 heteroatoms. The third-order valence-corrected chi connectivity index (χ3v) is 5.05. The number of fused-ring (bicyclic) bond motifs is 1. The number of hydrogen-bond acceptors (Lipinski definition) is 5. The van der Waals surface area contributed by atoms with Crippen LogP contribution in [0, 0.1) is 11.8 Å². The van der Waals surface area contributed by atoms with Gasteiger partial charge < -0.3 is 14.8 Å². The fraction of sp³-hybridized carbons (Fsp3) is 0.450. The van der Waals surface area contributed by atoms with Gasteiger partial charge >= 0.3 is 0 Å². The first-order valence-corrected chi connectivity index (χ1v) is 9.07. The molecule has 0 saturated carbocycles. The van der Waals surface area contributed by atoms with Crippen LogP contribution in [0.1, 0.15) is 25.7 Å². The molecular formula is C20H24N2O5. The average molecular weight is 372 g/mol. The highest BCUT2D eigenvalue weighted by Gasteiger charge is 2.46. The minimum atomic E-state index is -0.219. The molecule has 1 aliphatic heterocycles. The van der Waals surface area contributed by atoms with Crippen molar-refractivity contribution < 1.29 is 23.9 Å². The van der Waals surface area contributed by atoms with E-state index in [0.717, 1.165) is 0 Å². The lowest BCUT2D eigenvalue weighted by molar-refractivity contribution is -0.140. The van der Waals surface area contributed by atoms with Gasteiger partial charge in [0.1, 0.15) is 0 Å². The second kappa shape index (κ2) is 8.24. The van der Waals surface area contributed by atoms with Crippen LogP contribution in [0.15, 0.2) is 30.4 Å². The van der Waals surface area contributed by atoms with Crippen molar-refractivity contribution >= 4 is 23.4 Å². The molecule has 2 aliphatic rings. The number of anilines is 1. The molecule has 7 nitrogen and oxygen atoms in total. The van der Waals surface area contributed by atoms with E-state index < -0.39 is 0 Å². The number of methoxy groups -OCH3 is 2. The molecule has 3 rings (SSSR count). The van der Waals surface area contributed by atoms with Crippen LogP contribution in [0.4, 0.5) is 5.69 Å². The van der Waals surface area contributed by atoms with Gasteiger partial charge in [0.05, 0.1) is 26.1 Å². The highest BCUT2D eigenvalue weighted by atomic mass is 16.5. The van der Waals surface area contributed by atoms with Crippen LogP contribution in [-0.4, -0.2) is 43.4 Å². The Morgan fingerprint density at radius 3 is 2.30 bits per heavy atom. The van der Waals surface area contributed by atoms with Crippen LogP contribution in [0.3, 0.4) is 0 Å². The van der Waals surface area contributed by atoms with E-state index in [0.29, 0.717) is 36.4 Å². The van der Waals surface area contributed by atoms with Gasteiger partial charge in [0.2, 0.25) is 17.7 Å². The van der Waals surface area contributed by atoms with E-state index in [1.54, 1.807) is 25.3 Å². The molecule has 3 amide bonds. The maximum absolute atomic E-state index is 12.4. The van der Waals surface area contributed by atoms with Crippen molar-refractivity contribution in [3.8, 4) is 11.5 Å². The van der Waals surface area contributed by atoms with E-state index in [1.165, 1.54) is 12.0 Å². The van der Waals surface area contributed by atoms with Crippen molar-refractivity contribution in [3.63, 3.8) is 0 Å². The molecule has 1 heterocycles. The van der Waals surface area contributed by atoms with Crippen molar-refractivity contribution in [2.24, 2.45) is 11.8 Å². The van der Waals surface area contributed by atoms with Gasteiger partial charge in [-0.15, -0.1) is 0 Å². The van der Waals surface area contributed by atoms with Gasteiger partial charge in [-0.3, -0.25) is 19.3 Å². The first-order valence-electron chi connectivity index (χ1n) is 9.07. The monoisotopic (exact) mass is 372 g/mol. The minimum absolute atomic E-state index is 0.102. The maximum atomic E-state index is 12.4. The average Bonchev–Trinajstić information content (AvgIpc) is 2.93. The summed E-state index contributed by atoms with van der Waals surface area (Å²) in [5.41, 5.74) is 0.600. The molecule has 1 aliphatic carbocycles. The molecule has 1 aromatic rings. The zero-order chi connectivity index (χ0) is 19.4. The molecule has 1 fully saturated rings. The first kappa shape index (κ1) is 18.9. The van der Waals surface area contributed by atoms with Gasteiger partial charge in [-0.1, -0.05) is 12.2 Å². The van der Waals surface area contributed by atoms with Gasteiger partial charge in [-0.2, -0.15) is 0 Å². The van der Waals surface area contributed by atoms with E-state index in [1.807, 2.05) is 12.2 Å². The van der Waals surface area contributed by atoms with E-state index in [-0.39, 0.29) is 42.5 Å². The van der Waals surface area contributed by atoms with Crippen LogP contribution in [0.2, 0.25) is 0 Å². The van der Waals surface area contributed by atoms with Crippen LogP contribution >= 0.6 is 0 Å². The van der Waals surface area contributed by atoms with Gasteiger partial charge in [-0.25, -0.2) is 0 Å². The third-order valence-electron chi connectivity index (χ3n) is 5.05. The zero-order valence-corrected chi connectivity index (χ0v) is 15.6. The number of carbonyl (C=O) groups is 3. The molecule has 0 radical (unpaired) electrons. The lowest BCUT2D eigenvalue weighted by Gasteiger charge is -2.14. The summed E-state index contributed by atoms with van der Waals surface area (Å²) in [5.74, 6) is 0.285. The second-order valence-corrected chi connectivity index (χ2v) is 6.71. The Hall–Kier alpha value is -2.83. The summed E-state index contributed by atoms with van der Waals surface area (Å²) in [6, 6.07) is 5.12. The summed E-state index contributed by atoms with van der Waals surface area (Å²) in [5, 5.41) is 2.79. The van der Waals surface area contributed by atoms with Gasteiger partial charge in [-0.05, 0) is 31.4 Å². The van der Waals surface area contributed by atoms with Crippen LogP contribution in [0.5, 0.6) is 11.5 Å². The molecule has 1 aromatic carbocycles. The largest absolute Gasteiger partial charge is 0.493 e. The molecule has 0 unspecified atom stereocenters. The summed E-state index contributed by atoms with van der Waals surface area (Å²) in [6.45, 7) is 0.282. The molecule has 1 N–H and O–H groups in total. The number of ether oxygens (including phenoxy) is 2.